The van der Waals surface area contributed by atoms with Crippen molar-refractivity contribution in [3.05, 3.63) is 65.2 Å². The third-order valence-corrected chi connectivity index (χ3v) is 4.36. The zero-order valence-corrected chi connectivity index (χ0v) is 16.0. The van der Waals surface area contributed by atoms with E-state index >= 15 is 0 Å². The molecule has 0 amide bonds. The summed E-state index contributed by atoms with van der Waals surface area (Å²) in [4.78, 5) is 14.9. The van der Waals surface area contributed by atoms with Crippen molar-refractivity contribution in [2.45, 2.75) is 20.4 Å². The number of ketones is 1. The molecule has 0 saturated heterocycles. The van der Waals surface area contributed by atoms with Gasteiger partial charge < -0.3 is 9.47 Å². The molecule has 2 aromatic rings. The molecule has 0 unspecified atom stereocenters. The van der Waals surface area contributed by atoms with Crippen LogP contribution in [0.5, 0.6) is 11.5 Å². The predicted octanol–water partition coefficient (Wildman–Crippen LogP) is 4.44. The van der Waals surface area contributed by atoms with Crippen LogP contribution in [-0.2, 0) is 6.54 Å². The van der Waals surface area contributed by atoms with E-state index in [1.54, 1.807) is 26.4 Å². The van der Waals surface area contributed by atoms with Gasteiger partial charge in [0.2, 0.25) is 0 Å². The maximum absolute atomic E-state index is 12.6. The zero-order valence-electron chi connectivity index (χ0n) is 16.0. The molecule has 0 aliphatic heterocycles. The summed E-state index contributed by atoms with van der Waals surface area (Å²) < 4.78 is 10.6. The van der Waals surface area contributed by atoms with Gasteiger partial charge in [0.1, 0.15) is 11.5 Å². The molecule has 138 valence electrons. The summed E-state index contributed by atoms with van der Waals surface area (Å²) >= 11 is 0. The van der Waals surface area contributed by atoms with Gasteiger partial charge in [0.15, 0.2) is 5.78 Å². The third kappa shape index (κ3) is 5.20. The lowest BCUT2D eigenvalue weighted by atomic mass is 10.1. The summed E-state index contributed by atoms with van der Waals surface area (Å²) in [6.07, 6.45) is 3.34. The molecule has 26 heavy (non-hydrogen) atoms. The molecule has 0 fully saturated rings. The van der Waals surface area contributed by atoms with Crippen LogP contribution in [0.4, 0.5) is 0 Å². The molecule has 0 radical (unpaired) electrons. The van der Waals surface area contributed by atoms with Gasteiger partial charge in [-0.15, -0.1) is 0 Å². The second-order valence-corrected chi connectivity index (χ2v) is 5.97. The van der Waals surface area contributed by atoms with Crippen molar-refractivity contribution in [2.75, 3.05) is 27.3 Å². The summed E-state index contributed by atoms with van der Waals surface area (Å²) in [7, 11) is 3.22. The predicted molar refractivity (Wildman–Crippen MR) is 106 cm³/mol. The number of hydrogen-bond acceptors (Lipinski definition) is 4. The van der Waals surface area contributed by atoms with Crippen molar-refractivity contribution in [1.29, 1.82) is 0 Å². The van der Waals surface area contributed by atoms with Crippen molar-refractivity contribution in [3.63, 3.8) is 0 Å². The van der Waals surface area contributed by atoms with Crippen LogP contribution >= 0.6 is 0 Å². The third-order valence-electron chi connectivity index (χ3n) is 4.36. The van der Waals surface area contributed by atoms with Crippen LogP contribution in [0, 0.1) is 0 Å². The first-order valence-electron chi connectivity index (χ1n) is 8.87. The van der Waals surface area contributed by atoms with Crippen LogP contribution in [-0.4, -0.2) is 38.0 Å². The maximum atomic E-state index is 12.6. The Morgan fingerprint density at radius 1 is 1.04 bits per heavy atom. The number of rotatable bonds is 9. The quantitative estimate of drug-likeness (QED) is 0.493. The molecule has 4 nitrogen and oxygen atoms in total. The SMILES string of the molecule is CCN(CC)Cc1cccc(C(=O)C=Cc2cc(OC)ccc2OC)c1. The fraction of sp³-hybridized carbons (Fsp3) is 0.318. The molecule has 2 aromatic carbocycles. The fourth-order valence-electron chi connectivity index (χ4n) is 2.76. The Morgan fingerprint density at radius 3 is 2.46 bits per heavy atom. The standard InChI is InChI=1S/C22H27NO3/c1-5-23(6-2)16-17-8-7-9-18(14-17)21(24)12-10-19-15-20(25-3)11-13-22(19)26-4/h7-15H,5-6,16H2,1-4H3. The van der Waals surface area contributed by atoms with Gasteiger partial charge in [-0.1, -0.05) is 32.0 Å². The van der Waals surface area contributed by atoms with E-state index in [9.17, 15) is 4.79 Å². The number of hydrogen-bond donors (Lipinski definition) is 0. The van der Waals surface area contributed by atoms with Crippen molar-refractivity contribution < 1.29 is 14.3 Å². The lowest BCUT2D eigenvalue weighted by Crippen LogP contribution is -2.22. The van der Waals surface area contributed by atoms with Crippen molar-refractivity contribution >= 4 is 11.9 Å². The molecular formula is C22H27NO3. The molecule has 4 heteroatoms. The van der Waals surface area contributed by atoms with Crippen LogP contribution in [0.15, 0.2) is 48.5 Å². The topological polar surface area (TPSA) is 38.8 Å². The first-order valence-corrected chi connectivity index (χ1v) is 8.87. The average Bonchev–Trinajstić information content (AvgIpc) is 2.70. The zero-order chi connectivity index (χ0) is 18.9. The van der Waals surface area contributed by atoms with Gasteiger partial charge in [-0.05, 0) is 55.1 Å². The Balaban J connectivity index is 2.18. The highest BCUT2D eigenvalue weighted by Crippen LogP contribution is 2.25. The number of nitrogens with zero attached hydrogens (tertiary/aromatic N) is 1. The Kier molecular flexibility index (Phi) is 7.42. The summed E-state index contributed by atoms with van der Waals surface area (Å²) in [6.45, 7) is 7.11. The van der Waals surface area contributed by atoms with Crippen LogP contribution < -0.4 is 9.47 Å². The normalized spacial score (nSPS) is 11.1. The summed E-state index contributed by atoms with van der Waals surface area (Å²) in [5.41, 5.74) is 2.64. The van der Waals surface area contributed by atoms with E-state index in [1.165, 1.54) is 0 Å². The average molecular weight is 353 g/mol. The minimum absolute atomic E-state index is 0.0312. The molecule has 0 aliphatic carbocycles. The van der Waals surface area contributed by atoms with Gasteiger partial charge in [-0.2, -0.15) is 0 Å². The second-order valence-electron chi connectivity index (χ2n) is 5.97. The minimum Gasteiger partial charge on any atom is -0.497 e. The summed E-state index contributed by atoms with van der Waals surface area (Å²) in [5.74, 6) is 1.39. The van der Waals surface area contributed by atoms with E-state index in [0.29, 0.717) is 11.3 Å². The van der Waals surface area contributed by atoms with Gasteiger partial charge >= 0.3 is 0 Å². The molecule has 2 rings (SSSR count). The van der Waals surface area contributed by atoms with Gasteiger partial charge in [0.05, 0.1) is 14.2 Å². The second kappa shape index (κ2) is 9.78. The van der Waals surface area contributed by atoms with E-state index in [1.807, 2.05) is 36.4 Å². The molecule has 0 heterocycles. The number of carbonyl (C=O) groups is 1. The number of carbonyl (C=O) groups excluding carboxylic acids is 1. The van der Waals surface area contributed by atoms with Crippen molar-refractivity contribution in [3.8, 4) is 11.5 Å². The first-order chi connectivity index (χ1) is 12.6. The largest absolute Gasteiger partial charge is 0.497 e. The Hall–Kier alpha value is -2.59. The molecular weight excluding hydrogens is 326 g/mol. The molecule has 0 spiro atoms. The Morgan fingerprint density at radius 2 is 1.81 bits per heavy atom. The van der Waals surface area contributed by atoms with Crippen LogP contribution in [0.25, 0.3) is 6.08 Å². The smallest absolute Gasteiger partial charge is 0.185 e. The lowest BCUT2D eigenvalue weighted by molar-refractivity contribution is 0.104. The van der Waals surface area contributed by atoms with Gasteiger partial charge in [0, 0.05) is 17.7 Å². The van der Waals surface area contributed by atoms with Crippen LogP contribution in [0.3, 0.4) is 0 Å². The van der Waals surface area contributed by atoms with Crippen molar-refractivity contribution in [2.24, 2.45) is 0 Å². The minimum atomic E-state index is -0.0312. The highest BCUT2D eigenvalue weighted by molar-refractivity contribution is 6.07. The monoisotopic (exact) mass is 353 g/mol. The van der Waals surface area contributed by atoms with E-state index in [4.69, 9.17) is 9.47 Å². The summed E-state index contributed by atoms with van der Waals surface area (Å²) in [5, 5.41) is 0. The van der Waals surface area contributed by atoms with Crippen molar-refractivity contribution in [1.82, 2.24) is 4.90 Å². The Bertz CT molecular complexity index is 764. The Labute approximate surface area is 156 Å². The fourth-order valence-corrected chi connectivity index (χ4v) is 2.76. The lowest BCUT2D eigenvalue weighted by Gasteiger charge is -2.18. The highest BCUT2D eigenvalue weighted by atomic mass is 16.5. The molecule has 0 aromatic heterocycles. The highest BCUT2D eigenvalue weighted by Gasteiger charge is 2.07. The molecule has 0 aliphatic rings. The number of methoxy groups -OCH3 is 2. The molecule has 0 bridgehead atoms. The van der Waals surface area contributed by atoms with Gasteiger partial charge in [0.25, 0.3) is 0 Å². The van der Waals surface area contributed by atoms with E-state index < -0.39 is 0 Å². The number of ether oxygens (including phenoxy) is 2. The van der Waals surface area contributed by atoms with Gasteiger partial charge in [-0.25, -0.2) is 0 Å². The number of allylic oxidation sites excluding steroid dienone is 1. The first kappa shape index (κ1) is 19.7. The van der Waals surface area contributed by atoms with E-state index in [0.717, 1.165) is 36.5 Å². The van der Waals surface area contributed by atoms with Crippen LogP contribution in [0.2, 0.25) is 0 Å². The molecule has 0 atom stereocenters. The summed E-state index contributed by atoms with van der Waals surface area (Å²) in [6, 6.07) is 13.3. The van der Waals surface area contributed by atoms with Crippen LogP contribution in [0.1, 0.15) is 35.3 Å². The van der Waals surface area contributed by atoms with Gasteiger partial charge in [-0.3, -0.25) is 9.69 Å². The van der Waals surface area contributed by atoms with E-state index in [-0.39, 0.29) is 5.78 Å². The number of benzene rings is 2. The maximum Gasteiger partial charge on any atom is 0.185 e. The molecule has 0 saturated carbocycles. The van der Waals surface area contributed by atoms with E-state index in [2.05, 4.69) is 24.8 Å². The molecule has 0 N–H and O–H groups in total.